The average Bonchev–Trinajstić information content (AvgIpc) is 1.83. The first-order valence-electron chi connectivity index (χ1n) is 2.84. The van der Waals surface area contributed by atoms with Crippen LogP contribution in [0.3, 0.4) is 0 Å². The first-order chi connectivity index (χ1) is 5.10. The van der Waals surface area contributed by atoms with E-state index < -0.39 is 23.8 Å². The van der Waals surface area contributed by atoms with Crippen LogP contribution in [0.25, 0.3) is 0 Å². The molecule has 0 heterocycles. The Labute approximate surface area is 64.9 Å². The molecule has 0 radical (unpaired) electrons. The van der Waals surface area contributed by atoms with Gasteiger partial charge in [0.15, 0.2) is 0 Å². The summed E-state index contributed by atoms with van der Waals surface area (Å²) in [7, 11) is 0. The smallest absolute Gasteiger partial charge is 0.230 e. The normalized spacial score (nSPS) is 15.9. The number of hydrogen-bond donors (Lipinski definition) is 0. The fourth-order valence-electron chi connectivity index (χ4n) is 0.422. The first-order valence-corrected chi connectivity index (χ1v) is 2.84. The van der Waals surface area contributed by atoms with Gasteiger partial charge in [-0.1, -0.05) is 6.58 Å². The van der Waals surface area contributed by atoms with Crippen molar-refractivity contribution in [3.05, 3.63) is 12.2 Å². The van der Waals surface area contributed by atoms with Crippen LogP contribution in [-0.2, 0) is 0 Å². The molecule has 0 aliphatic heterocycles. The summed E-state index contributed by atoms with van der Waals surface area (Å²) in [5.74, 6) is -4.54. The van der Waals surface area contributed by atoms with E-state index in [1.54, 1.807) is 0 Å². The van der Waals surface area contributed by atoms with Crippen LogP contribution in [0.5, 0.6) is 0 Å². The van der Waals surface area contributed by atoms with Gasteiger partial charge in [0.05, 0.1) is 0 Å². The van der Waals surface area contributed by atoms with Crippen LogP contribution in [0.15, 0.2) is 12.2 Å². The van der Waals surface area contributed by atoms with Crippen LogP contribution in [0, 0.1) is 0 Å². The van der Waals surface area contributed by atoms with Crippen molar-refractivity contribution < 1.29 is 26.3 Å². The molecule has 0 nitrogen and oxygen atoms in total. The van der Waals surface area contributed by atoms with Crippen LogP contribution in [-0.4, -0.2) is 18.3 Å². The highest BCUT2D eigenvalue weighted by Crippen LogP contribution is 2.38. The van der Waals surface area contributed by atoms with E-state index in [9.17, 15) is 26.3 Å². The van der Waals surface area contributed by atoms with Crippen molar-refractivity contribution in [1.82, 2.24) is 0 Å². The van der Waals surface area contributed by atoms with Crippen LogP contribution < -0.4 is 0 Å². The molecule has 0 aromatic carbocycles. The quantitative estimate of drug-likeness (QED) is 0.465. The predicted octanol–water partition coefficient (Wildman–Crippen LogP) is 3.10. The topological polar surface area (TPSA) is 0 Å². The van der Waals surface area contributed by atoms with Gasteiger partial charge in [-0.25, -0.2) is 4.39 Å². The molecule has 0 fully saturated rings. The number of alkyl halides is 6. The van der Waals surface area contributed by atoms with Gasteiger partial charge >= 0.3 is 12.1 Å². The highest BCUT2D eigenvalue weighted by molar-refractivity contribution is 5.08. The summed E-state index contributed by atoms with van der Waals surface area (Å²) >= 11 is 0. The summed E-state index contributed by atoms with van der Waals surface area (Å²) in [5, 5.41) is 0. The molecule has 0 bridgehead atoms. The summed E-state index contributed by atoms with van der Waals surface area (Å²) in [6.07, 6.45) is -9.73. The van der Waals surface area contributed by atoms with E-state index in [-0.39, 0.29) is 0 Å². The number of allylic oxidation sites excluding steroid dienone is 1. The standard InChI is InChI=1S/C6H6F6/c1-3(2)5(8,9)4(7)6(10,11)12/h4H,1H2,2H3. The summed E-state index contributed by atoms with van der Waals surface area (Å²) in [6, 6.07) is 0. The molecule has 6 heteroatoms. The van der Waals surface area contributed by atoms with Gasteiger partial charge in [-0.05, 0) is 12.5 Å². The second kappa shape index (κ2) is 2.99. The highest BCUT2D eigenvalue weighted by atomic mass is 19.4. The second-order valence-corrected chi connectivity index (χ2v) is 2.31. The fourth-order valence-corrected chi connectivity index (χ4v) is 0.422. The van der Waals surface area contributed by atoms with E-state index in [0.29, 0.717) is 6.92 Å². The van der Waals surface area contributed by atoms with Crippen molar-refractivity contribution in [3.63, 3.8) is 0 Å². The van der Waals surface area contributed by atoms with Crippen LogP contribution in [0.2, 0.25) is 0 Å². The Morgan fingerprint density at radius 2 is 1.50 bits per heavy atom. The van der Waals surface area contributed by atoms with Crippen molar-refractivity contribution in [1.29, 1.82) is 0 Å². The average molecular weight is 192 g/mol. The lowest BCUT2D eigenvalue weighted by Gasteiger charge is -2.22. The summed E-state index contributed by atoms with van der Waals surface area (Å²) < 4.78 is 70.7. The van der Waals surface area contributed by atoms with Crippen molar-refractivity contribution in [3.8, 4) is 0 Å². The number of rotatable bonds is 2. The van der Waals surface area contributed by atoms with Crippen molar-refractivity contribution >= 4 is 0 Å². The maximum Gasteiger partial charge on any atom is 0.426 e. The largest absolute Gasteiger partial charge is 0.426 e. The van der Waals surface area contributed by atoms with Gasteiger partial charge in [0.2, 0.25) is 0 Å². The molecule has 72 valence electrons. The van der Waals surface area contributed by atoms with E-state index >= 15 is 0 Å². The van der Waals surface area contributed by atoms with Gasteiger partial charge in [-0.15, -0.1) is 0 Å². The van der Waals surface area contributed by atoms with Crippen molar-refractivity contribution in [2.75, 3.05) is 0 Å². The second-order valence-electron chi connectivity index (χ2n) is 2.31. The van der Waals surface area contributed by atoms with Gasteiger partial charge in [-0.2, -0.15) is 22.0 Å². The Hall–Kier alpha value is -0.680. The Morgan fingerprint density at radius 1 is 1.17 bits per heavy atom. The maximum atomic E-state index is 12.2. The summed E-state index contributed by atoms with van der Waals surface area (Å²) in [6.45, 7) is 3.21. The van der Waals surface area contributed by atoms with Crippen LogP contribution in [0.4, 0.5) is 26.3 Å². The summed E-state index contributed by atoms with van der Waals surface area (Å²) in [4.78, 5) is 0. The Balaban J connectivity index is 4.69. The van der Waals surface area contributed by atoms with Gasteiger partial charge < -0.3 is 0 Å². The van der Waals surface area contributed by atoms with E-state index in [1.165, 1.54) is 0 Å². The molecule has 0 saturated heterocycles. The number of hydrogen-bond acceptors (Lipinski definition) is 0. The third-order valence-electron chi connectivity index (χ3n) is 1.17. The molecule has 0 aromatic heterocycles. The maximum absolute atomic E-state index is 12.2. The molecule has 0 aliphatic carbocycles. The van der Waals surface area contributed by atoms with E-state index in [1.807, 2.05) is 0 Å². The SMILES string of the molecule is C=C(C)C(F)(F)C(F)C(F)(F)F. The molecule has 1 unspecified atom stereocenters. The zero-order valence-corrected chi connectivity index (χ0v) is 6.05. The minimum absolute atomic E-state index is 0.637. The van der Waals surface area contributed by atoms with Crippen molar-refractivity contribution in [2.45, 2.75) is 25.2 Å². The lowest BCUT2D eigenvalue weighted by molar-refractivity contribution is -0.233. The molecule has 0 rings (SSSR count). The third-order valence-corrected chi connectivity index (χ3v) is 1.17. The van der Waals surface area contributed by atoms with E-state index in [4.69, 9.17) is 0 Å². The lowest BCUT2D eigenvalue weighted by atomic mass is 10.1. The predicted molar refractivity (Wildman–Crippen MR) is 30.7 cm³/mol. The Morgan fingerprint density at radius 3 is 1.58 bits per heavy atom. The first kappa shape index (κ1) is 11.3. The van der Waals surface area contributed by atoms with Gasteiger partial charge in [0, 0.05) is 0 Å². The monoisotopic (exact) mass is 192 g/mol. The molecule has 12 heavy (non-hydrogen) atoms. The minimum Gasteiger partial charge on any atom is -0.230 e. The molecular formula is C6H6F6. The zero-order chi connectivity index (χ0) is 10.2. The van der Waals surface area contributed by atoms with E-state index in [2.05, 4.69) is 6.58 Å². The fraction of sp³-hybridized carbons (Fsp3) is 0.667. The molecular weight excluding hydrogens is 186 g/mol. The lowest BCUT2D eigenvalue weighted by Crippen LogP contribution is -2.42. The highest BCUT2D eigenvalue weighted by Gasteiger charge is 2.57. The minimum atomic E-state index is -5.55. The van der Waals surface area contributed by atoms with E-state index in [0.717, 1.165) is 0 Å². The van der Waals surface area contributed by atoms with Crippen LogP contribution >= 0.6 is 0 Å². The Kier molecular flexibility index (Phi) is 2.82. The number of halogens is 6. The molecule has 0 spiro atoms. The van der Waals surface area contributed by atoms with Crippen molar-refractivity contribution in [2.24, 2.45) is 0 Å². The molecule has 0 saturated carbocycles. The Bertz CT molecular complexity index is 179. The van der Waals surface area contributed by atoms with Crippen LogP contribution in [0.1, 0.15) is 6.92 Å². The molecule has 0 aliphatic rings. The van der Waals surface area contributed by atoms with Gasteiger partial charge in [0.25, 0.3) is 6.17 Å². The molecule has 0 N–H and O–H groups in total. The molecule has 0 amide bonds. The van der Waals surface area contributed by atoms with Gasteiger partial charge in [-0.3, -0.25) is 0 Å². The zero-order valence-electron chi connectivity index (χ0n) is 6.05. The summed E-state index contributed by atoms with van der Waals surface area (Å²) in [5.41, 5.74) is -1.15. The van der Waals surface area contributed by atoms with Gasteiger partial charge in [0.1, 0.15) is 0 Å². The molecule has 0 aromatic rings. The third kappa shape index (κ3) is 2.15. The molecule has 1 atom stereocenters.